The van der Waals surface area contributed by atoms with E-state index in [-0.39, 0.29) is 5.91 Å². The highest BCUT2D eigenvalue weighted by atomic mass is 16.1. The summed E-state index contributed by atoms with van der Waals surface area (Å²) in [7, 11) is 0. The molecule has 1 unspecified atom stereocenters. The van der Waals surface area contributed by atoms with Crippen LogP contribution in [0.3, 0.4) is 0 Å². The average molecular weight is 274 g/mol. The number of hydrogen-bond acceptors (Lipinski definition) is 2. The molecule has 3 heteroatoms. The molecule has 0 saturated heterocycles. The van der Waals surface area contributed by atoms with Crippen molar-refractivity contribution in [3.63, 3.8) is 0 Å². The summed E-state index contributed by atoms with van der Waals surface area (Å²) in [6.45, 7) is 6.19. The number of hydrogen-bond donors (Lipinski definition) is 2. The Hall–Kier alpha value is -1.51. The van der Waals surface area contributed by atoms with Crippen LogP contribution >= 0.6 is 0 Å². The normalized spacial score (nSPS) is 14.5. The van der Waals surface area contributed by atoms with Crippen molar-refractivity contribution in [3.8, 4) is 0 Å². The van der Waals surface area contributed by atoms with Crippen LogP contribution in [0, 0.1) is 5.92 Å². The summed E-state index contributed by atoms with van der Waals surface area (Å²) in [4.78, 5) is 12.2. The van der Waals surface area contributed by atoms with Gasteiger partial charge in [0.1, 0.15) is 0 Å². The van der Waals surface area contributed by atoms with Crippen LogP contribution in [0.25, 0.3) is 0 Å². The van der Waals surface area contributed by atoms with Crippen LogP contribution in [0.15, 0.2) is 18.2 Å². The smallest absolute Gasteiger partial charge is 0.251 e. The minimum absolute atomic E-state index is 0.0645. The van der Waals surface area contributed by atoms with Crippen LogP contribution in [0.2, 0.25) is 0 Å². The summed E-state index contributed by atoms with van der Waals surface area (Å²) in [6, 6.07) is 5.96. The first kappa shape index (κ1) is 14.9. The number of benzene rings is 1. The fraction of sp³-hybridized carbons (Fsp3) is 0.588. The van der Waals surface area contributed by atoms with Gasteiger partial charge < -0.3 is 10.6 Å². The number of nitrogens with one attached hydrogen (secondary N) is 2. The van der Waals surface area contributed by atoms with E-state index in [1.54, 1.807) is 0 Å². The molecule has 1 aliphatic rings. The zero-order valence-electron chi connectivity index (χ0n) is 12.7. The van der Waals surface area contributed by atoms with E-state index in [9.17, 15) is 4.79 Å². The quantitative estimate of drug-likeness (QED) is 0.797. The lowest BCUT2D eigenvalue weighted by Crippen LogP contribution is -2.29. The Bertz CT molecular complexity index is 456. The van der Waals surface area contributed by atoms with Crippen molar-refractivity contribution in [2.24, 2.45) is 5.92 Å². The maximum absolute atomic E-state index is 12.2. The molecule has 1 atom stereocenters. The number of amides is 1. The van der Waals surface area contributed by atoms with Crippen molar-refractivity contribution < 1.29 is 4.79 Å². The Morgan fingerprint density at radius 1 is 1.40 bits per heavy atom. The lowest BCUT2D eigenvalue weighted by atomic mass is 9.99. The van der Waals surface area contributed by atoms with E-state index in [1.165, 1.54) is 30.5 Å². The molecule has 1 aromatic carbocycles. The second-order valence-electron chi connectivity index (χ2n) is 5.68. The van der Waals surface area contributed by atoms with Gasteiger partial charge in [-0.05, 0) is 42.5 Å². The number of carbonyl (C=O) groups is 1. The highest BCUT2D eigenvalue weighted by molar-refractivity contribution is 5.95. The van der Waals surface area contributed by atoms with Gasteiger partial charge in [0, 0.05) is 24.3 Å². The molecule has 0 fully saturated rings. The second kappa shape index (κ2) is 7.32. The van der Waals surface area contributed by atoms with Crippen LogP contribution < -0.4 is 10.6 Å². The molecule has 0 bridgehead atoms. The van der Waals surface area contributed by atoms with Gasteiger partial charge in [-0.1, -0.05) is 33.1 Å². The maximum atomic E-state index is 12.2. The van der Waals surface area contributed by atoms with E-state index in [4.69, 9.17) is 0 Å². The molecule has 0 aromatic heterocycles. The highest BCUT2D eigenvalue weighted by Crippen LogP contribution is 2.23. The van der Waals surface area contributed by atoms with Crippen LogP contribution in [0.4, 0.5) is 5.69 Å². The second-order valence-corrected chi connectivity index (χ2v) is 5.68. The molecule has 3 nitrogen and oxygen atoms in total. The predicted molar refractivity (Wildman–Crippen MR) is 84.3 cm³/mol. The van der Waals surface area contributed by atoms with E-state index in [0.29, 0.717) is 5.92 Å². The molecule has 0 radical (unpaired) electrons. The molecule has 1 aromatic rings. The lowest BCUT2D eigenvalue weighted by Gasteiger charge is -2.15. The van der Waals surface area contributed by atoms with Gasteiger partial charge in [-0.15, -0.1) is 0 Å². The molecule has 0 spiro atoms. The lowest BCUT2D eigenvalue weighted by molar-refractivity contribution is 0.0946. The van der Waals surface area contributed by atoms with Gasteiger partial charge in [0.15, 0.2) is 0 Å². The fourth-order valence-corrected chi connectivity index (χ4v) is 2.73. The summed E-state index contributed by atoms with van der Waals surface area (Å²) >= 11 is 0. The van der Waals surface area contributed by atoms with Crippen molar-refractivity contribution in [3.05, 3.63) is 29.3 Å². The van der Waals surface area contributed by atoms with Gasteiger partial charge in [-0.2, -0.15) is 0 Å². The molecule has 0 saturated carbocycles. The van der Waals surface area contributed by atoms with Crippen molar-refractivity contribution in [1.82, 2.24) is 5.32 Å². The Labute approximate surface area is 122 Å². The minimum atomic E-state index is 0.0645. The Kier molecular flexibility index (Phi) is 5.45. The van der Waals surface area contributed by atoms with Gasteiger partial charge in [0.2, 0.25) is 0 Å². The number of fused-ring (bicyclic) bond motifs is 1. The summed E-state index contributed by atoms with van der Waals surface area (Å²) in [5, 5.41) is 6.41. The van der Waals surface area contributed by atoms with Crippen LogP contribution in [-0.2, 0) is 6.42 Å². The van der Waals surface area contributed by atoms with Gasteiger partial charge in [-0.25, -0.2) is 0 Å². The topological polar surface area (TPSA) is 41.1 Å². The zero-order chi connectivity index (χ0) is 14.4. The summed E-state index contributed by atoms with van der Waals surface area (Å²) in [6.07, 6.45) is 5.83. The minimum Gasteiger partial charge on any atom is -0.384 e. The highest BCUT2D eigenvalue weighted by Gasteiger charge is 2.14. The Balaban J connectivity index is 1.88. The molecule has 1 aliphatic heterocycles. The van der Waals surface area contributed by atoms with Crippen molar-refractivity contribution in [1.29, 1.82) is 0 Å². The monoisotopic (exact) mass is 274 g/mol. The van der Waals surface area contributed by atoms with E-state index >= 15 is 0 Å². The third kappa shape index (κ3) is 3.75. The Morgan fingerprint density at radius 2 is 2.25 bits per heavy atom. The fourth-order valence-electron chi connectivity index (χ4n) is 2.73. The molecule has 2 N–H and O–H groups in total. The first-order chi connectivity index (χ1) is 9.74. The van der Waals surface area contributed by atoms with Crippen molar-refractivity contribution in [2.45, 2.75) is 46.0 Å². The summed E-state index contributed by atoms with van der Waals surface area (Å²) < 4.78 is 0. The molecule has 110 valence electrons. The van der Waals surface area contributed by atoms with Crippen LogP contribution in [0.1, 0.15) is 55.5 Å². The van der Waals surface area contributed by atoms with E-state index in [2.05, 4.69) is 24.5 Å². The largest absolute Gasteiger partial charge is 0.384 e. The number of unbranched alkanes of at least 4 members (excludes halogenated alkanes) is 1. The molecular formula is C17H26N2O. The summed E-state index contributed by atoms with van der Waals surface area (Å²) in [5.74, 6) is 0.671. The van der Waals surface area contributed by atoms with Crippen LogP contribution in [-0.4, -0.2) is 19.0 Å². The molecule has 20 heavy (non-hydrogen) atoms. The SMILES string of the molecule is CCCCC(CC)CNC(=O)c1ccc2c(c1)CCN2. The standard InChI is InChI=1S/C17H26N2O/c1-3-5-6-13(4-2)12-19-17(20)15-7-8-16-14(11-15)9-10-18-16/h7-8,11,13,18H,3-6,9-10,12H2,1-2H3,(H,19,20). The third-order valence-corrected chi connectivity index (χ3v) is 4.17. The van der Waals surface area contributed by atoms with Crippen molar-refractivity contribution >= 4 is 11.6 Å². The molecule has 1 heterocycles. The third-order valence-electron chi connectivity index (χ3n) is 4.17. The van der Waals surface area contributed by atoms with Crippen LogP contribution in [0.5, 0.6) is 0 Å². The van der Waals surface area contributed by atoms with Gasteiger partial charge in [-0.3, -0.25) is 4.79 Å². The van der Waals surface area contributed by atoms with Crippen molar-refractivity contribution in [2.75, 3.05) is 18.4 Å². The zero-order valence-corrected chi connectivity index (χ0v) is 12.7. The molecular weight excluding hydrogens is 248 g/mol. The Morgan fingerprint density at radius 3 is 3.00 bits per heavy atom. The first-order valence-electron chi connectivity index (χ1n) is 7.89. The number of carbonyl (C=O) groups excluding carboxylic acids is 1. The number of rotatable bonds is 7. The van der Waals surface area contributed by atoms with E-state index in [1.807, 2.05) is 18.2 Å². The maximum Gasteiger partial charge on any atom is 0.251 e. The van der Waals surface area contributed by atoms with E-state index < -0.39 is 0 Å². The first-order valence-corrected chi connectivity index (χ1v) is 7.89. The predicted octanol–water partition coefficient (Wildman–Crippen LogP) is 3.60. The molecule has 2 rings (SSSR count). The van der Waals surface area contributed by atoms with E-state index in [0.717, 1.165) is 31.5 Å². The molecule has 1 amide bonds. The van der Waals surface area contributed by atoms with Gasteiger partial charge in [0.25, 0.3) is 5.91 Å². The number of anilines is 1. The van der Waals surface area contributed by atoms with Gasteiger partial charge in [0.05, 0.1) is 0 Å². The average Bonchev–Trinajstić information content (AvgIpc) is 2.94. The van der Waals surface area contributed by atoms with Gasteiger partial charge >= 0.3 is 0 Å². The summed E-state index contributed by atoms with van der Waals surface area (Å²) in [5.41, 5.74) is 3.23. The molecule has 0 aliphatic carbocycles.